The van der Waals surface area contributed by atoms with Gasteiger partial charge in [-0.3, -0.25) is 0 Å². The summed E-state index contributed by atoms with van der Waals surface area (Å²) in [5, 5.41) is 0. The Morgan fingerprint density at radius 3 is 2.22 bits per heavy atom. The van der Waals surface area contributed by atoms with Crippen LogP contribution in [0.15, 0.2) is 0 Å². The van der Waals surface area contributed by atoms with E-state index in [-0.39, 0.29) is 0 Å². The van der Waals surface area contributed by atoms with Crippen molar-refractivity contribution in [2.24, 2.45) is 5.92 Å². The predicted octanol–water partition coefficient (Wildman–Crippen LogP) is 1.96. The van der Waals surface area contributed by atoms with E-state index in [1.165, 1.54) is 25.7 Å². The molecule has 9 heavy (non-hydrogen) atoms. The predicted molar refractivity (Wildman–Crippen MR) is 36.3 cm³/mol. The Labute approximate surface area is 56.4 Å². The molecule has 0 heterocycles. The van der Waals surface area contributed by atoms with Crippen LogP contribution in [0.25, 0.3) is 0 Å². The molecule has 1 nitrogen and oxygen atoms in total. The van der Waals surface area contributed by atoms with Crippen LogP contribution in [0.1, 0.15) is 32.6 Å². The second-order valence-electron chi connectivity index (χ2n) is 3.53. The minimum absolute atomic E-state index is 0.646. The summed E-state index contributed by atoms with van der Waals surface area (Å²) in [5.74, 6) is 0.939. The van der Waals surface area contributed by atoms with Crippen molar-refractivity contribution < 1.29 is 4.74 Å². The third kappa shape index (κ3) is 1.26. The molecule has 0 unspecified atom stereocenters. The molecule has 0 bridgehead atoms. The fourth-order valence-corrected chi connectivity index (χ4v) is 1.42. The highest BCUT2D eigenvalue weighted by molar-refractivity contribution is 4.82. The van der Waals surface area contributed by atoms with Crippen molar-refractivity contribution in [1.29, 1.82) is 0 Å². The normalized spacial score (nSPS) is 42.3. The maximum atomic E-state index is 5.67. The summed E-state index contributed by atoms with van der Waals surface area (Å²) < 4.78 is 5.67. The lowest BCUT2D eigenvalue weighted by atomic mass is 9.84. The van der Waals surface area contributed by atoms with Gasteiger partial charge in [0.25, 0.3) is 0 Å². The summed E-state index contributed by atoms with van der Waals surface area (Å²) in [4.78, 5) is 0. The number of hydrogen-bond donors (Lipinski definition) is 0. The Hall–Kier alpha value is -0.0400. The molecule has 0 amide bonds. The number of hydrogen-bond acceptors (Lipinski definition) is 1. The van der Waals surface area contributed by atoms with Crippen molar-refractivity contribution in [3.8, 4) is 0 Å². The van der Waals surface area contributed by atoms with Gasteiger partial charge < -0.3 is 4.74 Å². The minimum atomic E-state index is 0.646. The smallest absolute Gasteiger partial charge is 0.0584 e. The van der Waals surface area contributed by atoms with Gasteiger partial charge in [-0.15, -0.1) is 0 Å². The van der Waals surface area contributed by atoms with Gasteiger partial charge in [-0.2, -0.15) is 0 Å². The summed E-state index contributed by atoms with van der Waals surface area (Å²) in [6.45, 7) is 2.30. The van der Waals surface area contributed by atoms with E-state index in [2.05, 4.69) is 6.92 Å². The van der Waals surface area contributed by atoms with E-state index in [9.17, 15) is 0 Å². The average molecular weight is 126 g/mol. The summed E-state index contributed by atoms with van der Waals surface area (Å²) >= 11 is 0. The zero-order chi connectivity index (χ0) is 6.27. The van der Waals surface area contributed by atoms with Gasteiger partial charge in [0.05, 0.1) is 12.2 Å². The highest BCUT2D eigenvalue weighted by Gasteiger charge is 2.32. The Morgan fingerprint density at radius 2 is 1.78 bits per heavy atom. The van der Waals surface area contributed by atoms with Gasteiger partial charge in [0.1, 0.15) is 0 Å². The third-order valence-corrected chi connectivity index (χ3v) is 2.24. The van der Waals surface area contributed by atoms with Crippen LogP contribution in [0.5, 0.6) is 0 Å². The van der Waals surface area contributed by atoms with E-state index in [1.807, 2.05) is 0 Å². The Morgan fingerprint density at radius 1 is 1.11 bits per heavy atom. The van der Waals surface area contributed by atoms with Crippen LogP contribution in [0, 0.1) is 5.92 Å². The molecule has 0 atom stereocenters. The summed E-state index contributed by atoms with van der Waals surface area (Å²) in [7, 11) is 0. The molecule has 2 fully saturated rings. The van der Waals surface area contributed by atoms with Crippen LogP contribution in [0.3, 0.4) is 0 Å². The van der Waals surface area contributed by atoms with Gasteiger partial charge in [-0.25, -0.2) is 0 Å². The second kappa shape index (κ2) is 1.98. The monoisotopic (exact) mass is 126 g/mol. The summed E-state index contributed by atoms with van der Waals surface area (Å²) in [5.41, 5.74) is 0. The van der Waals surface area contributed by atoms with Crippen LogP contribution in [-0.2, 0) is 4.74 Å². The first-order chi connectivity index (χ1) is 4.34. The van der Waals surface area contributed by atoms with Gasteiger partial charge in [-0.05, 0) is 31.6 Å². The van der Waals surface area contributed by atoms with Crippen LogP contribution in [0.4, 0.5) is 0 Å². The highest BCUT2D eigenvalue weighted by atomic mass is 16.5. The topological polar surface area (TPSA) is 9.23 Å². The lowest BCUT2D eigenvalue weighted by molar-refractivity contribution is -0.0352. The van der Waals surface area contributed by atoms with E-state index in [1.54, 1.807) is 0 Å². The second-order valence-corrected chi connectivity index (χ2v) is 3.53. The maximum Gasteiger partial charge on any atom is 0.0584 e. The Balaban J connectivity index is 1.64. The van der Waals surface area contributed by atoms with Crippen LogP contribution < -0.4 is 0 Å². The molecule has 2 saturated carbocycles. The summed E-state index contributed by atoms with van der Waals surface area (Å²) in [6, 6.07) is 0. The van der Waals surface area contributed by atoms with Crippen molar-refractivity contribution in [2.45, 2.75) is 44.8 Å². The largest absolute Gasteiger partial charge is 0.375 e. The van der Waals surface area contributed by atoms with Crippen molar-refractivity contribution in [3.05, 3.63) is 0 Å². The molecule has 0 N–H and O–H groups in total. The van der Waals surface area contributed by atoms with Crippen molar-refractivity contribution in [3.63, 3.8) is 0 Å². The maximum absolute atomic E-state index is 5.67. The molecule has 0 spiro atoms. The van der Waals surface area contributed by atoms with E-state index < -0.39 is 0 Å². The molecule has 0 radical (unpaired) electrons. The van der Waals surface area contributed by atoms with Crippen molar-refractivity contribution >= 4 is 0 Å². The van der Waals surface area contributed by atoms with Crippen LogP contribution >= 0.6 is 0 Å². The van der Waals surface area contributed by atoms with Gasteiger partial charge in [0.15, 0.2) is 0 Å². The first-order valence-electron chi connectivity index (χ1n) is 4.00. The minimum Gasteiger partial charge on any atom is -0.375 e. The van der Waals surface area contributed by atoms with Crippen molar-refractivity contribution in [1.82, 2.24) is 0 Å². The molecule has 0 aliphatic heterocycles. The van der Waals surface area contributed by atoms with Gasteiger partial charge in [0.2, 0.25) is 0 Å². The fourth-order valence-electron chi connectivity index (χ4n) is 1.42. The molecule has 0 aromatic rings. The van der Waals surface area contributed by atoms with Gasteiger partial charge in [-0.1, -0.05) is 6.92 Å². The SMILES string of the molecule is CC1CC(OC2CC2)C1. The molecular formula is C8H14O. The molecule has 0 aromatic heterocycles. The number of ether oxygens (including phenoxy) is 1. The quantitative estimate of drug-likeness (QED) is 0.549. The van der Waals surface area contributed by atoms with Crippen LogP contribution in [0.2, 0.25) is 0 Å². The molecule has 2 aliphatic rings. The standard InChI is InChI=1S/C8H14O/c1-6-4-8(5-6)9-7-2-3-7/h6-8H,2-5H2,1H3. The molecular weight excluding hydrogens is 112 g/mol. The van der Waals surface area contributed by atoms with E-state index in [4.69, 9.17) is 4.74 Å². The Kier molecular flexibility index (Phi) is 1.26. The van der Waals surface area contributed by atoms with E-state index in [0.29, 0.717) is 12.2 Å². The van der Waals surface area contributed by atoms with Gasteiger partial charge in [0, 0.05) is 0 Å². The van der Waals surface area contributed by atoms with E-state index in [0.717, 1.165) is 5.92 Å². The molecule has 1 heteroatoms. The first kappa shape index (κ1) is 5.72. The van der Waals surface area contributed by atoms with Crippen LogP contribution in [-0.4, -0.2) is 12.2 Å². The lowest BCUT2D eigenvalue weighted by Crippen LogP contribution is -2.29. The molecule has 2 rings (SSSR count). The molecule has 2 aliphatic carbocycles. The van der Waals surface area contributed by atoms with Crippen molar-refractivity contribution in [2.75, 3.05) is 0 Å². The lowest BCUT2D eigenvalue weighted by Gasteiger charge is -2.32. The zero-order valence-corrected chi connectivity index (χ0v) is 5.97. The summed E-state index contributed by atoms with van der Waals surface area (Å²) in [6.07, 6.45) is 6.60. The molecule has 0 saturated heterocycles. The average Bonchev–Trinajstić information content (AvgIpc) is 2.45. The Bertz CT molecular complexity index is 101. The molecule has 0 aromatic carbocycles. The highest BCUT2D eigenvalue weighted by Crippen LogP contribution is 2.35. The van der Waals surface area contributed by atoms with E-state index >= 15 is 0 Å². The fraction of sp³-hybridized carbons (Fsp3) is 1.00. The number of rotatable bonds is 2. The first-order valence-corrected chi connectivity index (χ1v) is 4.00. The third-order valence-electron chi connectivity index (χ3n) is 2.24. The molecule has 52 valence electrons. The van der Waals surface area contributed by atoms with Gasteiger partial charge >= 0.3 is 0 Å². The zero-order valence-electron chi connectivity index (χ0n) is 5.97.